The van der Waals surface area contributed by atoms with Gasteiger partial charge in [0.25, 0.3) is 0 Å². The summed E-state index contributed by atoms with van der Waals surface area (Å²) in [6.45, 7) is 3.81. The van der Waals surface area contributed by atoms with E-state index in [9.17, 15) is 0 Å². The van der Waals surface area contributed by atoms with Crippen LogP contribution in [0.1, 0.15) is 12.6 Å². The number of hydrogen-bond donors (Lipinski definition) is 1. The summed E-state index contributed by atoms with van der Waals surface area (Å²) in [5.74, 6) is 0. The molecule has 4 heteroatoms. The number of nitrogens with one attached hydrogen (secondary N) is 1. The summed E-state index contributed by atoms with van der Waals surface area (Å²) >= 11 is 0. The molecule has 0 spiro atoms. The van der Waals surface area contributed by atoms with Crippen molar-refractivity contribution in [2.75, 3.05) is 0 Å². The van der Waals surface area contributed by atoms with E-state index in [0.29, 0.717) is 6.04 Å². The van der Waals surface area contributed by atoms with Crippen LogP contribution in [0.25, 0.3) is 0 Å². The lowest BCUT2D eigenvalue weighted by atomic mass is 10.3. The summed E-state index contributed by atoms with van der Waals surface area (Å²) in [4.78, 5) is 4.26. The predicted octanol–water partition coefficient (Wildman–Crippen LogP) is 1.46. The van der Waals surface area contributed by atoms with E-state index in [1.807, 2.05) is 41.3 Å². The highest BCUT2D eigenvalue weighted by Gasteiger charge is 2.02. The zero-order chi connectivity index (χ0) is 11.2. The maximum atomic E-state index is 4.26. The highest BCUT2D eigenvalue weighted by atomic mass is 15.3. The third kappa shape index (κ3) is 3.17. The fraction of sp³-hybridized carbons (Fsp3) is 0.333. The number of pyridine rings is 1. The van der Waals surface area contributed by atoms with Crippen LogP contribution in [0.5, 0.6) is 0 Å². The second kappa shape index (κ2) is 5.42. The molecule has 4 nitrogen and oxygen atoms in total. The average molecular weight is 216 g/mol. The zero-order valence-electron chi connectivity index (χ0n) is 9.37. The highest BCUT2D eigenvalue weighted by Crippen LogP contribution is 1.95. The quantitative estimate of drug-likeness (QED) is 0.822. The molecular weight excluding hydrogens is 200 g/mol. The Balaban J connectivity index is 1.78. The molecule has 0 saturated heterocycles. The lowest BCUT2D eigenvalue weighted by Gasteiger charge is -2.13. The van der Waals surface area contributed by atoms with E-state index in [4.69, 9.17) is 0 Å². The van der Waals surface area contributed by atoms with Gasteiger partial charge in [-0.25, -0.2) is 0 Å². The van der Waals surface area contributed by atoms with E-state index in [1.165, 1.54) is 0 Å². The fourth-order valence-corrected chi connectivity index (χ4v) is 1.54. The first-order valence-corrected chi connectivity index (χ1v) is 5.45. The zero-order valence-corrected chi connectivity index (χ0v) is 9.37. The van der Waals surface area contributed by atoms with Crippen LogP contribution < -0.4 is 5.32 Å². The van der Waals surface area contributed by atoms with Crippen LogP contribution in [0.15, 0.2) is 42.9 Å². The monoisotopic (exact) mass is 216 g/mol. The number of hydrogen-bond acceptors (Lipinski definition) is 3. The van der Waals surface area contributed by atoms with Crippen molar-refractivity contribution in [3.8, 4) is 0 Å². The van der Waals surface area contributed by atoms with E-state index in [-0.39, 0.29) is 0 Å². The van der Waals surface area contributed by atoms with Crippen molar-refractivity contribution < 1.29 is 0 Å². The molecule has 0 aromatic carbocycles. The molecule has 2 rings (SSSR count). The minimum absolute atomic E-state index is 0.377. The second-order valence-electron chi connectivity index (χ2n) is 3.83. The largest absolute Gasteiger partial charge is 0.307 e. The summed E-state index contributed by atoms with van der Waals surface area (Å²) < 4.78 is 1.93. The number of aromatic nitrogens is 3. The molecule has 0 bridgehead atoms. The van der Waals surface area contributed by atoms with Crippen LogP contribution in [-0.4, -0.2) is 20.8 Å². The summed E-state index contributed by atoms with van der Waals surface area (Å²) in [6.07, 6.45) is 5.58. The summed E-state index contributed by atoms with van der Waals surface area (Å²) in [6, 6.07) is 8.26. The lowest BCUT2D eigenvalue weighted by molar-refractivity contribution is 0.448. The van der Waals surface area contributed by atoms with Crippen LogP contribution in [0, 0.1) is 0 Å². The van der Waals surface area contributed by atoms with Gasteiger partial charge in [-0.15, -0.1) is 0 Å². The number of rotatable bonds is 5. The van der Waals surface area contributed by atoms with Crippen molar-refractivity contribution in [1.82, 2.24) is 20.1 Å². The molecule has 84 valence electrons. The first kappa shape index (κ1) is 10.8. The molecule has 0 saturated carbocycles. The molecule has 16 heavy (non-hydrogen) atoms. The molecule has 1 unspecified atom stereocenters. The lowest BCUT2D eigenvalue weighted by Crippen LogP contribution is -2.30. The third-order valence-corrected chi connectivity index (χ3v) is 2.38. The van der Waals surface area contributed by atoms with E-state index < -0.39 is 0 Å². The van der Waals surface area contributed by atoms with E-state index in [0.717, 1.165) is 18.8 Å². The van der Waals surface area contributed by atoms with Gasteiger partial charge in [-0.1, -0.05) is 6.07 Å². The number of nitrogens with zero attached hydrogens (tertiary/aromatic N) is 3. The Morgan fingerprint density at radius 3 is 2.94 bits per heavy atom. The normalized spacial score (nSPS) is 12.6. The molecule has 2 aromatic rings. The van der Waals surface area contributed by atoms with Crippen LogP contribution >= 0.6 is 0 Å². The molecule has 2 aromatic heterocycles. The fourth-order valence-electron chi connectivity index (χ4n) is 1.54. The Kier molecular flexibility index (Phi) is 3.66. The topological polar surface area (TPSA) is 42.7 Å². The van der Waals surface area contributed by atoms with Crippen molar-refractivity contribution in [3.63, 3.8) is 0 Å². The van der Waals surface area contributed by atoms with Gasteiger partial charge in [-0.05, 0) is 25.1 Å². The molecule has 0 fully saturated rings. The van der Waals surface area contributed by atoms with Gasteiger partial charge in [-0.2, -0.15) is 5.10 Å². The summed E-state index contributed by atoms with van der Waals surface area (Å²) in [5.41, 5.74) is 1.06. The molecule has 1 atom stereocenters. The molecule has 0 radical (unpaired) electrons. The highest BCUT2D eigenvalue weighted by molar-refractivity contribution is 5.03. The Bertz CT molecular complexity index is 396. The van der Waals surface area contributed by atoms with Gasteiger partial charge in [0.1, 0.15) is 0 Å². The van der Waals surface area contributed by atoms with E-state index >= 15 is 0 Å². The molecule has 0 aliphatic heterocycles. The van der Waals surface area contributed by atoms with Gasteiger partial charge in [0.05, 0.1) is 12.2 Å². The van der Waals surface area contributed by atoms with Gasteiger partial charge in [0, 0.05) is 31.2 Å². The van der Waals surface area contributed by atoms with Crippen molar-refractivity contribution >= 4 is 0 Å². The molecule has 0 aliphatic carbocycles. The van der Waals surface area contributed by atoms with E-state index in [2.05, 4.69) is 22.3 Å². The van der Waals surface area contributed by atoms with Crippen LogP contribution in [-0.2, 0) is 13.1 Å². The molecular formula is C12H16N4. The SMILES string of the molecule is CC(Cn1cccn1)NCc1ccccn1. The molecule has 1 N–H and O–H groups in total. The smallest absolute Gasteiger partial charge is 0.0560 e. The van der Waals surface area contributed by atoms with Crippen LogP contribution in [0.2, 0.25) is 0 Å². The third-order valence-electron chi connectivity index (χ3n) is 2.38. The first-order chi connectivity index (χ1) is 7.84. The minimum Gasteiger partial charge on any atom is -0.307 e. The van der Waals surface area contributed by atoms with Crippen molar-refractivity contribution in [2.24, 2.45) is 0 Å². The summed E-state index contributed by atoms with van der Waals surface area (Å²) in [7, 11) is 0. The maximum Gasteiger partial charge on any atom is 0.0560 e. The Labute approximate surface area is 95.3 Å². The van der Waals surface area contributed by atoms with Gasteiger partial charge < -0.3 is 5.32 Å². The van der Waals surface area contributed by atoms with Crippen molar-refractivity contribution in [2.45, 2.75) is 26.1 Å². The minimum atomic E-state index is 0.377. The van der Waals surface area contributed by atoms with Crippen LogP contribution in [0.4, 0.5) is 0 Å². The Hall–Kier alpha value is -1.68. The Morgan fingerprint density at radius 2 is 2.25 bits per heavy atom. The molecule has 2 heterocycles. The molecule has 0 aliphatic rings. The standard InChI is InChI=1S/C12H16N4/c1-11(10-16-8-4-7-15-16)14-9-12-5-2-3-6-13-12/h2-8,11,14H,9-10H2,1H3. The summed E-state index contributed by atoms with van der Waals surface area (Å²) in [5, 5.41) is 7.59. The first-order valence-electron chi connectivity index (χ1n) is 5.45. The Morgan fingerprint density at radius 1 is 1.31 bits per heavy atom. The van der Waals surface area contributed by atoms with Gasteiger partial charge in [-0.3, -0.25) is 9.67 Å². The van der Waals surface area contributed by atoms with E-state index in [1.54, 1.807) is 6.20 Å². The van der Waals surface area contributed by atoms with Gasteiger partial charge in [0.15, 0.2) is 0 Å². The predicted molar refractivity (Wildman–Crippen MR) is 62.8 cm³/mol. The molecule has 0 amide bonds. The van der Waals surface area contributed by atoms with Crippen molar-refractivity contribution in [1.29, 1.82) is 0 Å². The average Bonchev–Trinajstić information content (AvgIpc) is 2.81. The maximum absolute atomic E-state index is 4.26. The van der Waals surface area contributed by atoms with Crippen LogP contribution in [0.3, 0.4) is 0 Å². The second-order valence-corrected chi connectivity index (χ2v) is 3.83. The van der Waals surface area contributed by atoms with Crippen molar-refractivity contribution in [3.05, 3.63) is 48.5 Å². The van der Waals surface area contributed by atoms with Gasteiger partial charge >= 0.3 is 0 Å². The van der Waals surface area contributed by atoms with Gasteiger partial charge in [0.2, 0.25) is 0 Å².